The van der Waals surface area contributed by atoms with E-state index in [1.165, 1.54) is 0 Å². The Morgan fingerprint density at radius 2 is 1.62 bits per heavy atom. The second kappa shape index (κ2) is 9.96. The lowest BCUT2D eigenvalue weighted by Gasteiger charge is -2.14. The molecule has 0 aromatic rings. The van der Waals surface area contributed by atoms with Crippen molar-refractivity contribution >= 4 is 0 Å². The van der Waals surface area contributed by atoms with Crippen molar-refractivity contribution in [3.8, 4) is 0 Å². The Bertz CT molecular complexity index is 96.2. The van der Waals surface area contributed by atoms with Crippen LogP contribution in [0.3, 0.4) is 0 Å². The molecule has 0 bridgehead atoms. The van der Waals surface area contributed by atoms with Crippen LogP contribution in [-0.4, -0.2) is 39.1 Å². The summed E-state index contributed by atoms with van der Waals surface area (Å²) in [6.45, 7) is 9.62. The van der Waals surface area contributed by atoms with Crippen molar-refractivity contribution in [2.45, 2.75) is 33.3 Å². The number of hydrogen-bond acceptors (Lipinski definition) is 3. The molecular formula is C10H22O3. The van der Waals surface area contributed by atoms with E-state index in [-0.39, 0.29) is 6.10 Å². The molecular weight excluding hydrogens is 168 g/mol. The summed E-state index contributed by atoms with van der Waals surface area (Å²) in [5.74, 6) is 0. The maximum atomic E-state index is 5.43. The number of hydrogen-bond donors (Lipinski definition) is 0. The smallest absolute Gasteiger partial charge is 0.0805 e. The normalized spacial score (nSPS) is 13.2. The molecule has 0 fully saturated rings. The molecule has 3 heteroatoms. The van der Waals surface area contributed by atoms with Crippen LogP contribution in [0.1, 0.15) is 27.2 Å². The van der Waals surface area contributed by atoms with Gasteiger partial charge >= 0.3 is 0 Å². The Balaban J connectivity index is 3.17. The monoisotopic (exact) mass is 190 g/mol. The van der Waals surface area contributed by atoms with Crippen LogP contribution in [0.4, 0.5) is 0 Å². The Hall–Kier alpha value is -0.120. The molecule has 0 heterocycles. The third kappa shape index (κ3) is 8.22. The lowest BCUT2D eigenvalue weighted by Crippen LogP contribution is -2.20. The first-order valence-electron chi connectivity index (χ1n) is 5.12. The van der Waals surface area contributed by atoms with Crippen molar-refractivity contribution in [1.82, 2.24) is 0 Å². The molecule has 0 radical (unpaired) electrons. The van der Waals surface area contributed by atoms with Crippen LogP contribution in [-0.2, 0) is 14.2 Å². The second-order valence-corrected chi connectivity index (χ2v) is 2.76. The van der Waals surface area contributed by atoms with Crippen molar-refractivity contribution in [1.29, 1.82) is 0 Å². The molecule has 80 valence electrons. The first kappa shape index (κ1) is 12.9. The van der Waals surface area contributed by atoms with Gasteiger partial charge in [-0.05, 0) is 20.3 Å². The van der Waals surface area contributed by atoms with Gasteiger partial charge in [0.1, 0.15) is 0 Å². The van der Waals surface area contributed by atoms with Gasteiger partial charge in [-0.25, -0.2) is 0 Å². The van der Waals surface area contributed by atoms with Crippen LogP contribution < -0.4 is 0 Å². The van der Waals surface area contributed by atoms with Gasteiger partial charge in [-0.2, -0.15) is 0 Å². The SMILES string of the molecule is CCOCCOCC(CC)OCC. The zero-order valence-corrected chi connectivity index (χ0v) is 9.04. The molecule has 0 saturated heterocycles. The van der Waals surface area contributed by atoms with Crippen LogP contribution in [0, 0.1) is 0 Å². The summed E-state index contributed by atoms with van der Waals surface area (Å²) in [6, 6.07) is 0. The first-order chi connectivity index (χ1) is 6.35. The van der Waals surface area contributed by atoms with Crippen LogP contribution in [0.15, 0.2) is 0 Å². The minimum absolute atomic E-state index is 0.242. The van der Waals surface area contributed by atoms with Gasteiger partial charge in [0.2, 0.25) is 0 Å². The van der Waals surface area contributed by atoms with Crippen molar-refractivity contribution in [2.75, 3.05) is 33.0 Å². The quantitative estimate of drug-likeness (QED) is 0.519. The molecule has 1 atom stereocenters. The fraction of sp³-hybridized carbons (Fsp3) is 1.00. The van der Waals surface area contributed by atoms with Gasteiger partial charge in [0, 0.05) is 13.2 Å². The van der Waals surface area contributed by atoms with Gasteiger partial charge in [0.05, 0.1) is 25.9 Å². The fourth-order valence-electron chi connectivity index (χ4n) is 0.996. The highest BCUT2D eigenvalue weighted by Crippen LogP contribution is 1.98. The van der Waals surface area contributed by atoms with Crippen LogP contribution in [0.25, 0.3) is 0 Å². The van der Waals surface area contributed by atoms with Gasteiger partial charge in [-0.1, -0.05) is 6.92 Å². The Morgan fingerprint density at radius 3 is 2.15 bits per heavy atom. The number of rotatable bonds is 9. The van der Waals surface area contributed by atoms with E-state index < -0.39 is 0 Å². The van der Waals surface area contributed by atoms with E-state index in [0.29, 0.717) is 19.8 Å². The molecule has 0 rings (SSSR count). The average Bonchev–Trinajstić information content (AvgIpc) is 2.16. The van der Waals surface area contributed by atoms with E-state index in [9.17, 15) is 0 Å². The minimum Gasteiger partial charge on any atom is -0.379 e. The molecule has 0 aromatic carbocycles. The lowest BCUT2D eigenvalue weighted by molar-refractivity contribution is -0.0276. The largest absolute Gasteiger partial charge is 0.379 e. The minimum atomic E-state index is 0.242. The second-order valence-electron chi connectivity index (χ2n) is 2.76. The zero-order chi connectivity index (χ0) is 9.94. The summed E-state index contributed by atoms with van der Waals surface area (Å²) in [5, 5.41) is 0. The number of ether oxygens (including phenoxy) is 3. The maximum absolute atomic E-state index is 5.43. The zero-order valence-electron chi connectivity index (χ0n) is 9.04. The van der Waals surface area contributed by atoms with Gasteiger partial charge in [-0.3, -0.25) is 0 Å². The molecule has 1 unspecified atom stereocenters. The highest BCUT2D eigenvalue weighted by molar-refractivity contribution is 4.52. The molecule has 13 heavy (non-hydrogen) atoms. The predicted molar refractivity (Wildman–Crippen MR) is 53.0 cm³/mol. The Morgan fingerprint density at radius 1 is 0.923 bits per heavy atom. The average molecular weight is 190 g/mol. The van der Waals surface area contributed by atoms with Crippen LogP contribution >= 0.6 is 0 Å². The summed E-state index contributed by atoms with van der Waals surface area (Å²) in [5.41, 5.74) is 0. The fourth-order valence-corrected chi connectivity index (χ4v) is 0.996. The Kier molecular flexibility index (Phi) is 9.87. The summed E-state index contributed by atoms with van der Waals surface area (Å²) in [4.78, 5) is 0. The molecule has 0 N–H and O–H groups in total. The third-order valence-electron chi connectivity index (χ3n) is 1.74. The summed E-state index contributed by atoms with van der Waals surface area (Å²) < 4.78 is 16.0. The van der Waals surface area contributed by atoms with Gasteiger partial charge < -0.3 is 14.2 Å². The molecule has 0 amide bonds. The third-order valence-corrected chi connectivity index (χ3v) is 1.74. The van der Waals surface area contributed by atoms with E-state index in [0.717, 1.165) is 19.6 Å². The summed E-state index contributed by atoms with van der Waals surface area (Å²) in [6.07, 6.45) is 1.24. The molecule has 0 aliphatic carbocycles. The van der Waals surface area contributed by atoms with Gasteiger partial charge in [-0.15, -0.1) is 0 Å². The highest BCUT2D eigenvalue weighted by atomic mass is 16.5. The molecule has 3 nitrogen and oxygen atoms in total. The van der Waals surface area contributed by atoms with Crippen molar-refractivity contribution in [2.24, 2.45) is 0 Å². The lowest BCUT2D eigenvalue weighted by atomic mass is 10.3. The van der Waals surface area contributed by atoms with Crippen molar-refractivity contribution < 1.29 is 14.2 Å². The molecule has 0 spiro atoms. The van der Waals surface area contributed by atoms with Crippen LogP contribution in [0.2, 0.25) is 0 Å². The standard InChI is InChI=1S/C10H22O3/c1-4-10(13-6-3)9-12-8-7-11-5-2/h10H,4-9H2,1-3H3. The highest BCUT2D eigenvalue weighted by Gasteiger charge is 2.04. The maximum Gasteiger partial charge on any atom is 0.0805 e. The topological polar surface area (TPSA) is 27.7 Å². The van der Waals surface area contributed by atoms with E-state index in [2.05, 4.69) is 6.92 Å². The van der Waals surface area contributed by atoms with Crippen molar-refractivity contribution in [3.05, 3.63) is 0 Å². The van der Waals surface area contributed by atoms with Gasteiger partial charge in [0.15, 0.2) is 0 Å². The first-order valence-corrected chi connectivity index (χ1v) is 5.12. The molecule has 0 saturated carbocycles. The molecule has 0 aromatic heterocycles. The van der Waals surface area contributed by atoms with E-state index in [1.807, 2.05) is 13.8 Å². The Labute approximate surface area is 81.4 Å². The summed E-state index contributed by atoms with van der Waals surface area (Å²) in [7, 11) is 0. The molecule has 0 aliphatic heterocycles. The van der Waals surface area contributed by atoms with E-state index in [1.54, 1.807) is 0 Å². The van der Waals surface area contributed by atoms with Crippen molar-refractivity contribution in [3.63, 3.8) is 0 Å². The predicted octanol–water partition coefficient (Wildman–Crippen LogP) is 1.85. The summed E-state index contributed by atoms with van der Waals surface area (Å²) >= 11 is 0. The van der Waals surface area contributed by atoms with Crippen LogP contribution in [0.5, 0.6) is 0 Å². The van der Waals surface area contributed by atoms with Gasteiger partial charge in [0.25, 0.3) is 0 Å². The van der Waals surface area contributed by atoms with E-state index in [4.69, 9.17) is 14.2 Å². The molecule has 0 aliphatic rings. The van der Waals surface area contributed by atoms with E-state index >= 15 is 0 Å².